The van der Waals surface area contributed by atoms with Crippen molar-refractivity contribution >= 4 is 62.2 Å². The van der Waals surface area contributed by atoms with Gasteiger partial charge >= 0.3 is 12.1 Å². The number of aliphatic carboxylic acids is 1. The van der Waals surface area contributed by atoms with Crippen molar-refractivity contribution in [2.75, 3.05) is 23.0 Å². The molecule has 0 radical (unpaired) electrons. The Morgan fingerprint density at radius 3 is 2.63 bits per heavy atom. The van der Waals surface area contributed by atoms with Crippen LogP contribution in [0, 0.1) is 0 Å². The number of carbonyl (C=O) groups is 3. The number of β-lactam (4-membered cyclic amide) rings is 1. The highest BCUT2D eigenvalue weighted by molar-refractivity contribution is 8.01. The summed E-state index contributed by atoms with van der Waals surface area (Å²) in [7, 11) is -6.92. The summed E-state index contributed by atoms with van der Waals surface area (Å²) in [5.74, 6) is -7.13. The molecule has 1 saturated heterocycles. The molecule has 13 nitrogen and oxygen atoms in total. The first kappa shape index (κ1) is 27.4. The van der Waals surface area contributed by atoms with Crippen LogP contribution in [0.2, 0.25) is 0 Å². The first-order valence-corrected chi connectivity index (χ1v) is 14.3. The zero-order valence-corrected chi connectivity index (χ0v) is 20.3. The van der Waals surface area contributed by atoms with Gasteiger partial charge in [0.2, 0.25) is 11.8 Å². The van der Waals surface area contributed by atoms with Gasteiger partial charge in [0.25, 0.3) is 21.2 Å². The van der Waals surface area contributed by atoms with E-state index < -0.39 is 73.6 Å². The molecule has 0 bridgehead atoms. The van der Waals surface area contributed by atoms with Crippen molar-refractivity contribution in [3.63, 3.8) is 0 Å². The largest absolute Gasteiger partial charge is 0.477 e. The molecule has 0 saturated carbocycles. The summed E-state index contributed by atoms with van der Waals surface area (Å²) in [4.78, 5) is 37.2. The molecule has 0 aromatic carbocycles. The lowest BCUT2D eigenvalue weighted by Gasteiger charge is -2.49. The van der Waals surface area contributed by atoms with E-state index in [1.165, 1.54) is 0 Å². The molecule has 20 heteroatoms. The highest BCUT2D eigenvalue weighted by atomic mass is 32.2. The van der Waals surface area contributed by atoms with Crippen molar-refractivity contribution in [3.05, 3.63) is 17.2 Å². The van der Waals surface area contributed by atoms with Crippen LogP contribution in [0.25, 0.3) is 0 Å². The number of amides is 2. The summed E-state index contributed by atoms with van der Waals surface area (Å²) in [6, 6.07) is -1.20. The van der Waals surface area contributed by atoms with Crippen LogP contribution in [0.3, 0.4) is 0 Å². The summed E-state index contributed by atoms with van der Waals surface area (Å²) in [6.07, 6.45) is -4.72. The molecule has 2 aliphatic rings. The molecule has 1 aromatic heterocycles. The second-order valence-corrected chi connectivity index (χ2v) is 12.0. The summed E-state index contributed by atoms with van der Waals surface area (Å²) < 4.78 is 83.8. The van der Waals surface area contributed by atoms with E-state index in [1.807, 2.05) is 0 Å². The number of thioether (sulfide) groups is 2. The molecule has 194 valence electrons. The lowest BCUT2D eigenvalue weighted by molar-refractivity contribution is -0.150. The molecule has 0 spiro atoms. The maximum atomic E-state index is 12.5. The number of rotatable bonds is 10. The molecular weight excluding hydrogens is 565 g/mol. The van der Waals surface area contributed by atoms with Crippen molar-refractivity contribution in [1.82, 2.24) is 20.4 Å². The van der Waals surface area contributed by atoms with Crippen LogP contribution in [-0.2, 0) is 41.1 Å². The molecule has 35 heavy (non-hydrogen) atoms. The first-order chi connectivity index (χ1) is 16.1. The number of carbonyl (C=O) groups excluding carboxylic acids is 2. The Kier molecular flexibility index (Phi) is 8.19. The molecule has 1 aromatic rings. The van der Waals surface area contributed by atoms with Crippen molar-refractivity contribution in [2.24, 2.45) is 0 Å². The van der Waals surface area contributed by atoms with Gasteiger partial charge in [0.1, 0.15) is 28.6 Å². The van der Waals surface area contributed by atoms with Crippen molar-refractivity contribution in [1.29, 1.82) is 0 Å². The minimum Gasteiger partial charge on any atom is -0.477 e. The van der Waals surface area contributed by atoms with Gasteiger partial charge in [0, 0.05) is 22.3 Å². The topological polar surface area (TPSA) is 197 Å². The molecule has 3 rings (SSSR count). The van der Waals surface area contributed by atoms with Gasteiger partial charge in [-0.2, -0.15) is 21.6 Å². The fraction of sp³-hybridized carbons (Fsp3) is 0.533. The SMILES string of the molecule is O=C(CS(=O)CC(F)(F)F)NC1C(=O)N2C(C(=O)O)=C(CSc3nnc(CS(=O)(=O)O)o3)CS[C@H]12. The van der Waals surface area contributed by atoms with Crippen LogP contribution in [0.15, 0.2) is 20.9 Å². The number of halogens is 3. The lowest BCUT2D eigenvalue weighted by Crippen LogP contribution is -2.70. The van der Waals surface area contributed by atoms with Gasteiger partial charge in [-0.05, 0) is 5.57 Å². The van der Waals surface area contributed by atoms with E-state index in [1.54, 1.807) is 0 Å². The van der Waals surface area contributed by atoms with Gasteiger partial charge in [-0.1, -0.05) is 11.8 Å². The quantitative estimate of drug-likeness (QED) is 0.184. The average Bonchev–Trinajstić information content (AvgIpc) is 3.13. The third-order valence-electron chi connectivity index (χ3n) is 4.31. The van der Waals surface area contributed by atoms with E-state index in [4.69, 9.17) is 8.97 Å². The minimum atomic E-state index is -4.72. The number of hydrogen-bond donors (Lipinski definition) is 3. The normalized spacial score (nSPS) is 21.4. The number of aromatic nitrogens is 2. The number of nitrogens with one attached hydrogen (secondary N) is 1. The second kappa shape index (κ2) is 10.4. The predicted molar refractivity (Wildman–Crippen MR) is 114 cm³/mol. The zero-order chi connectivity index (χ0) is 26.1. The lowest BCUT2D eigenvalue weighted by atomic mass is 10.0. The van der Waals surface area contributed by atoms with E-state index in [2.05, 4.69) is 15.5 Å². The predicted octanol–water partition coefficient (Wildman–Crippen LogP) is -0.401. The van der Waals surface area contributed by atoms with Crippen molar-refractivity contribution < 1.29 is 54.3 Å². The van der Waals surface area contributed by atoms with Crippen LogP contribution < -0.4 is 5.32 Å². The minimum absolute atomic E-state index is 0.0356. The van der Waals surface area contributed by atoms with Crippen LogP contribution in [-0.4, -0.2) is 95.8 Å². The van der Waals surface area contributed by atoms with E-state index in [0.717, 1.165) is 28.4 Å². The van der Waals surface area contributed by atoms with E-state index in [9.17, 15) is 45.3 Å². The monoisotopic (exact) mass is 580 g/mol. The van der Waals surface area contributed by atoms with Crippen LogP contribution in [0.5, 0.6) is 0 Å². The standard InChI is InChI=1S/C15H15F3N4O9S4/c16-15(17,18)5-34(27)3-7(23)19-9-11(24)22-10(13(25)26)6(1-32-12(9)22)2-33-14-21-20-8(31-14)4-35(28,29)30/h9,12H,1-5H2,(H,19,23)(H,25,26)(H,28,29,30)/t9?,12-,34?/m1/s1. The number of carboxylic acids is 1. The van der Waals surface area contributed by atoms with Gasteiger partial charge in [-0.25, -0.2) is 4.79 Å². The highest BCUT2D eigenvalue weighted by Gasteiger charge is 2.54. The van der Waals surface area contributed by atoms with Gasteiger partial charge in [-0.15, -0.1) is 22.0 Å². The Balaban J connectivity index is 1.63. The van der Waals surface area contributed by atoms with Gasteiger partial charge < -0.3 is 14.8 Å². The van der Waals surface area contributed by atoms with Crippen LogP contribution in [0.1, 0.15) is 5.89 Å². The fourth-order valence-electron chi connectivity index (χ4n) is 3.05. The number of carboxylic acid groups (broad SMARTS) is 1. The van der Waals surface area contributed by atoms with Crippen LogP contribution >= 0.6 is 23.5 Å². The molecular formula is C15H15F3N4O9S4. The van der Waals surface area contributed by atoms with Gasteiger partial charge in [0.05, 0.1) is 0 Å². The Labute approximate surface area is 205 Å². The Hall–Kier alpha value is -2.16. The number of hydrogen-bond acceptors (Lipinski definition) is 11. The highest BCUT2D eigenvalue weighted by Crippen LogP contribution is 2.41. The molecule has 3 atom stereocenters. The van der Waals surface area contributed by atoms with Gasteiger partial charge in [-0.3, -0.25) is 23.3 Å². The summed E-state index contributed by atoms with van der Waals surface area (Å²) in [5, 5.41) is 17.9. The van der Waals surface area contributed by atoms with Crippen molar-refractivity contribution in [2.45, 2.75) is 28.6 Å². The maximum absolute atomic E-state index is 12.5. The Morgan fingerprint density at radius 2 is 2.03 bits per heavy atom. The fourth-order valence-corrected chi connectivity index (χ4v) is 6.59. The summed E-state index contributed by atoms with van der Waals surface area (Å²) >= 11 is 1.96. The van der Waals surface area contributed by atoms with Crippen LogP contribution in [0.4, 0.5) is 13.2 Å². The van der Waals surface area contributed by atoms with E-state index in [0.29, 0.717) is 0 Å². The molecule has 0 aliphatic carbocycles. The second-order valence-electron chi connectivity index (χ2n) is 7.03. The van der Waals surface area contributed by atoms with Crippen molar-refractivity contribution in [3.8, 4) is 0 Å². The summed E-state index contributed by atoms with van der Waals surface area (Å²) in [5.41, 5.74) is -0.0715. The third kappa shape index (κ3) is 7.18. The smallest absolute Gasteiger partial charge is 0.400 e. The molecule has 3 heterocycles. The maximum Gasteiger partial charge on any atom is 0.400 e. The van der Waals surface area contributed by atoms with E-state index in [-0.39, 0.29) is 33.9 Å². The summed E-state index contributed by atoms with van der Waals surface area (Å²) in [6.45, 7) is 0. The Bertz CT molecular complexity index is 1200. The number of fused-ring (bicyclic) bond motifs is 1. The molecule has 1 fully saturated rings. The third-order valence-corrected chi connectivity index (χ3v) is 8.40. The number of nitrogens with zero attached hydrogens (tertiary/aromatic N) is 3. The number of alkyl halides is 3. The van der Waals surface area contributed by atoms with Gasteiger partial charge in [0.15, 0.2) is 5.75 Å². The first-order valence-electron chi connectivity index (χ1n) is 9.16. The Morgan fingerprint density at radius 1 is 1.34 bits per heavy atom. The molecule has 2 aliphatic heterocycles. The van der Waals surface area contributed by atoms with E-state index >= 15 is 0 Å². The molecule has 2 unspecified atom stereocenters. The average molecular weight is 581 g/mol. The molecule has 2 amide bonds. The molecule has 3 N–H and O–H groups in total. The zero-order valence-electron chi connectivity index (χ0n) is 17.1.